The summed E-state index contributed by atoms with van der Waals surface area (Å²) in [5, 5.41) is 0. The molecular formula is C16H21FN2O. The summed E-state index contributed by atoms with van der Waals surface area (Å²) >= 11 is 0. The van der Waals surface area contributed by atoms with Gasteiger partial charge < -0.3 is 4.90 Å². The number of carbonyl (C=O) groups is 1. The highest BCUT2D eigenvalue weighted by molar-refractivity contribution is 5.80. The summed E-state index contributed by atoms with van der Waals surface area (Å²) in [6.45, 7) is 8.12. The molecule has 0 aromatic heterocycles. The first-order valence-electron chi connectivity index (χ1n) is 7.02. The minimum absolute atomic E-state index is 0.260. The van der Waals surface area contributed by atoms with E-state index in [9.17, 15) is 9.18 Å². The van der Waals surface area contributed by atoms with Crippen LogP contribution in [0.4, 0.5) is 4.39 Å². The predicted octanol–water partition coefficient (Wildman–Crippen LogP) is 2.39. The number of aldehydes is 1. The number of hydrogen-bond acceptors (Lipinski definition) is 3. The van der Waals surface area contributed by atoms with Crippen LogP contribution in [0.2, 0.25) is 0 Å². The predicted molar refractivity (Wildman–Crippen MR) is 78.7 cm³/mol. The van der Waals surface area contributed by atoms with E-state index < -0.39 is 0 Å². The third kappa shape index (κ3) is 3.45. The second kappa shape index (κ2) is 6.66. The molecule has 0 unspecified atom stereocenters. The van der Waals surface area contributed by atoms with E-state index in [0.29, 0.717) is 6.04 Å². The van der Waals surface area contributed by atoms with Crippen LogP contribution in [0.1, 0.15) is 19.4 Å². The molecule has 0 aliphatic carbocycles. The van der Waals surface area contributed by atoms with Gasteiger partial charge in [0.2, 0.25) is 0 Å². The third-order valence-electron chi connectivity index (χ3n) is 3.75. The summed E-state index contributed by atoms with van der Waals surface area (Å²) in [5.74, 6) is -0.260. The number of allylic oxidation sites excluding steroid dienone is 1. The van der Waals surface area contributed by atoms with Crippen LogP contribution < -0.4 is 0 Å². The standard InChI is InChI=1S/C16H21FN2O/c1-13(2)18-8-10-19(11-9-18)16(7-12-20)14-3-5-15(17)6-4-14/h3-7,12-13H,8-11H2,1-2H3/b16-7+. The van der Waals surface area contributed by atoms with Gasteiger partial charge in [0.05, 0.1) is 0 Å². The molecule has 108 valence electrons. The summed E-state index contributed by atoms with van der Waals surface area (Å²) in [6, 6.07) is 6.84. The van der Waals surface area contributed by atoms with Crippen molar-refractivity contribution in [2.24, 2.45) is 0 Å². The molecule has 0 saturated carbocycles. The fraction of sp³-hybridized carbons (Fsp3) is 0.438. The van der Waals surface area contributed by atoms with E-state index in [2.05, 4.69) is 23.6 Å². The first-order valence-corrected chi connectivity index (χ1v) is 7.02. The molecular weight excluding hydrogens is 255 g/mol. The Balaban J connectivity index is 2.13. The molecule has 1 aliphatic heterocycles. The van der Waals surface area contributed by atoms with E-state index >= 15 is 0 Å². The second-order valence-corrected chi connectivity index (χ2v) is 5.31. The fourth-order valence-corrected chi connectivity index (χ4v) is 2.55. The van der Waals surface area contributed by atoms with Crippen LogP contribution in [-0.2, 0) is 4.79 Å². The monoisotopic (exact) mass is 276 g/mol. The molecule has 0 spiro atoms. The van der Waals surface area contributed by atoms with Crippen molar-refractivity contribution in [1.29, 1.82) is 0 Å². The number of nitrogens with zero attached hydrogens (tertiary/aromatic N) is 2. The van der Waals surface area contributed by atoms with Crippen molar-refractivity contribution >= 4 is 12.0 Å². The number of carbonyl (C=O) groups excluding carboxylic acids is 1. The van der Waals surface area contributed by atoms with Gasteiger partial charge in [0, 0.05) is 44.0 Å². The van der Waals surface area contributed by atoms with Crippen molar-refractivity contribution in [2.45, 2.75) is 19.9 Å². The molecule has 1 heterocycles. The maximum absolute atomic E-state index is 13.0. The van der Waals surface area contributed by atoms with E-state index in [1.54, 1.807) is 18.2 Å². The van der Waals surface area contributed by atoms with Gasteiger partial charge in [-0.3, -0.25) is 9.69 Å². The van der Waals surface area contributed by atoms with Crippen molar-refractivity contribution in [2.75, 3.05) is 26.2 Å². The van der Waals surface area contributed by atoms with Gasteiger partial charge in [-0.05, 0) is 43.7 Å². The number of rotatable bonds is 4. The lowest BCUT2D eigenvalue weighted by Gasteiger charge is -2.39. The quantitative estimate of drug-likeness (QED) is 0.623. The first-order chi connectivity index (χ1) is 9.61. The molecule has 1 aromatic rings. The molecule has 1 saturated heterocycles. The zero-order valence-corrected chi connectivity index (χ0v) is 12.1. The molecule has 1 fully saturated rings. The van der Waals surface area contributed by atoms with E-state index in [1.165, 1.54) is 12.1 Å². The van der Waals surface area contributed by atoms with Gasteiger partial charge in [-0.2, -0.15) is 0 Å². The highest BCUT2D eigenvalue weighted by atomic mass is 19.1. The van der Waals surface area contributed by atoms with Gasteiger partial charge in [0.25, 0.3) is 0 Å². The lowest BCUT2D eigenvalue weighted by molar-refractivity contribution is -0.104. The minimum atomic E-state index is -0.260. The summed E-state index contributed by atoms with van der Waals surface area (Å²) < 4.78 is 13.0. The molecule has 0 atom stereocenters. The van der Waals surface area contributed by atoms with Gasteiger partial charge in [-0.25, -0.2) is 4.39 Å². The Kier molecular flexibility index (Phi) is 4.90. The van der Waals surface area contributed by atoms with Gasteiger partial charge in [-0.15, -0.1) is 0 Å². The van der Waals surface area contributed by atoms with Crippen LogP contribution in [0, 0.1) is 5.82 Å². The topological polar surface area (TPSA) is 23.6 Å². The Bertz CT molecular complexity index is 474. The van der Waals surface area contributed by atoms with Crippen molar-refractivity contribution in [3.05, 3.63) is 41.7 Å². The molecule has 1 aliphatic rings. The molecule has 1 aromatic carbocycles. The van der Waals surface area contributed by atoms with Crippen molar-refractivity contribution in [1.82, 2.24) is 9.80 Å². The van der Waals surface area contributed by atoms with Crippen molar-refractivity contribution in [3.63, 3.8) is 0 Å². The van der Waals surface area contributed by atoms with Gasteiger partial charge in [0.1, 0.15) is 12.1 Å². The highest BCUT2D eigenvalue weighted by Crippen LogP contribution is 2.21. The maximum atomic E-state index is 13.0. The molecule has 0 N–H and O–H groups in total. The van der Waals surface area contributed by atoms with Crippen LogP contribution in [0.25, 0.3) is 5.70 Å². The SMILES string of the molecule is CC(C)N1CCN(/C(=C/C=O)c2ccc(F)cc2)CC1. The zero-order chi connectivity index (χ0) is 14.5. The van der Waals surface area contributed by atoms with Gasteiger partial charge >= 0.3 is 0 Å². The Hall–Kier alpha value is -1.68. The summed E-state index contributed by atoms with van der Waals surface area (Å²) in [4.78, 5) is 15.5. The Labute approximate surface area is 119 Å². The first kappa shape index (κ1) is 14.7. The van der Waals surface area contributed by atoms with Crippen LogP contribution >= 0.6 is 0 Å². The average molecular weight is 276 g/mol. The number of benzene rings is 1. The highest BCUT2D eigenvalue weighted by Gasteiger charge is 2.21. The van der Waals surface area contributed by atoms with E-state index in [-0.39, 0.29) is 5.82 Å². The second-order valence-electron chi connectivity index (χ2n) is 5.31. The normalized spacial score (nSPS) is 17.6. The van der Waals surface area contributed by atoms with Gasteiger partial charge in [0.15, 0.2) is 0 Å². The number of hydrogen-bond donors (Lipinski definition) is 0. The van der Waals surface area contributed by atoms with Crippen LogP contribution in [0.5, 0.6) is 0 Å². The lowest BCUT2D eigenvalue weighted by Crippen LogP contribution is -2.48. The largest absolute Gasteiger partial charge is 0.368 e. The smallest absolute Gasteiger partial charge is 0.144 e. The van der Waals surface area contributed by atoms with E-state index in [4.69, 9.17) is 0 Å². The molecule has 4 heteroatoms. The molecule has 3 nitrogen and oxygen atoms in total. The van der Waals surface area contributed by atoms with Crippen molar-refractivity contribution < 1.29 is 9.18 Å². The van der Waals surface area contributed by atoms with Crippen molar-refractivity contribution in [3.8, 4) is 0 Å². The Morgan fingerprint density at radius 3 is 2.25 bits per heavy atom. The summed E-state index contributed by atoms with van der Waals surface area (Å²) in [5.41, 5.74) is 1.76. The molecule has 20 heavy (non-hydrogen) atoms. The molecule has 0 radical (unpaired) electrons. The Morgan fingerprint density at radius 1 is 1.15 bits per heavy atom. The van der Waals surface area contributed by atoms with Crippen LogP contribution in [0.15, 0.2) is 30.3 Å². The maximum Gasteiger partial charge on any atom is 0.144 e. The van der Waals surface area contributed by atoms with E-state index in [0.717, 1.165) is 43.7 Å². The minimum Gasteiger partial charge on any atom is -0.368 e. The van der Waals surface area contributed by atoms with Crippen LogP contribution in [-0.4, -0.2) is 48.3 Å². The Morgan fingerprint density at radius 2 is 1.75 bits per heavy atom. The lowest BCUT2D eigenvalue weighted by atomic mass is 10.1. The average Bonchev–Trinajstić information content (AvgIpc) is 2.46. The van der Waals surface area contributed by atoms with Gasteiger partial charge in [-0.1, -0.05) is 0 Å². The van der Waals surface area contributed by atoms with E-state index in [1.807, 2.05) is 0 Å². The van der Waals surface area contributed by atoms with Crippen LogP contribution in [0.3, 0.4) is 0 Å². The number of halogens is 1. The summed E-state index contributed by atoms with van der Waals surface area (Å²) in [7, 11) is 0. The molecule has 0 bridgehead atoms. The fourth-order valence-electron chi connectivity index (χ4n) is 2.55. The summed E-state index contributed by atoms with van der Waals surface area (Å²) in [6.07, 6.45) is 2.37. The third-order valence-corrected chi connectivity index (χ3v) is 3.75. The molecule has 0 amide bonds. The molecule has 2 rings (SSSR count). The zero-order valence-electron chi connectivity index (χ0n) is 12.1. The number of piperazine rings is 1.